The van der Waals surface area contributed by atoms with Crippen LogP contribution < -0.4 is 5.32 Å². The van der Waals surface area contributed by atoms with E-state index in [2.05, 4.69) is 22.1 Å². The summed E-state index contributed by atoms with van der Waals surface area (Å²) in [6, 6.07) is 0.452. The molecule has 2 heterocycles. The second-order valence-corrected chi connectivity index (χ2v) is 4.70. The van der Waals surface area contributed by atoms with Crippen molar-refractivity contribution >= 4 is 16.5 Å². The van der Waals surface area contributed by atoms with Gasteiger partial charge >= 0.3 is 0 Å². The maximum atomic E-state index is 5.35. The van der Waals surface area contributed by atoms with Crippen molar-refractivity contribution in [2.45, 2.75) is 13.0 Å². The third kappa shape index (κ3) is 2.48. The van der Waals surface area contributed by atoms with E-state index in [4.69, 9.17) is 4.74 Å². The van der Waals surface area contributed by atoms with Gasteiger partial charge in [-0.15, -0.1) is 11.3 Å². The number of nitrogens with zero attached hydrogens (tertiary/aromatic N) is 2. The van der Waals surface area contributed by atoms with E-state index < -0.39 is 0 Å². The van der Waals surface area contributed by atoms with Crippen LogP contribution in [0, 0.1) is 0 Å². The Morgan fingerprint density at radius 2 is 2.27 bits per heavy atom. The van der Waals surface area contributed by atoms with E-state index in [0.29, 0.717) is 6.04 Å². The van der Waals surface area contributed by atoms with Crippen LogP contribution in [-0.2, 0) is 4.74 Å². The molecule has 5 heteroatoms. The minimum Gasteiger partial charge on any atom is -0.379 e. The van der Waals surface area contributed by atoms with Gasteiger partial charge in [0.05, 0.1) is 13.2 Å². The van der Waals surface area contributed by atoms with Crippen LogP contribution in [0.4, 0.5) is 5.13 Å². The Morgan fingerprint density at radius 1 is 1.53 bits per heavy atom. The monoisotopic (exact) mass is 227 g/mol. The predicted octanol–water partition coefficient (Wildman–Crippen LogP) is 1.58. The van der Waals surface area contributed by atoms with E-state index in [9.17, 15) is 0 Å². The van der Waals surface area contributed by atoms with Crippen molar-refractivity contribution in [3.63, 3.8) is 0 Å². The Kier molecular flexibility index (Phi) is 3.56. The Bertz CT molecular complexity index is 309. The topological polar surface area (TPSA) is 37.4 Å². The van der Waals surface area contributed by atoms with Crippen LogP contribution in [-0.4, -0.2) is 43.2 Å². The van der Waals surface area contributed by atoms with E-state index in [1.165, 1.54) is 4.88 Å². The Morgan fingerprint density at radius 3 is 2.87 bits per heavy atom. The first-order valence-electron chi connectivity index (χ1n) is 5.26. The van der Waals surface area contributed by atoms with E-state index in [0.717, 1.165) is 31.4 Å². The average Bonchev–Trinajstić information content (AvgIpc) is 2.78. The number of morpholine rings is 1. The molecule has 1 aliphatic rings. The molecule has 1 aromatic rings. The minimum atomic E-state index is 0.452. The number of ether oxygens (including phenoxy) is 1. The van der Waals surface area contributed by atoms with Crippen molar-refractivity contribution in [1.82, 2.24) is 9.88 Å². The third-order valence-corrected chi connectivity index (χ3v) is 3.93. The molecule has 1 N–H and O–H groups in total. The Labute approximate surface area is 94.3 Å². The molecule has 2 rings (SSSR count). The molecule has 1 atom stereocenters. The van der Waals surface area contributed by atoms with Crippen molar-refractivity contribution in [1.29, 1.82) is 0 Å². The first-order chi connectivity index (χ1) is 7.31. The molecule has 0 amide bonds. The third-order valence-electron chi connectivity index (χ3n) is 2.74. The maximum absolute atomic E-state index is 5.35. The molecule has 0 bridgehead atoms. The Hall–Kier alpha value is -0.650. The first-order valence-corrected chi connectivity index (χ1v) is 6.08. The van der Waals surface area contributed by atoms with Crippen molar-refractivity contribution in [2.75, 3.05) is 38.7 Å². The second kappa shape index (κ2) is 4.92. The summed E-state index contributed by atoms with van der Waals surface area (Å²) in [5, 5.41) is 4.06. The maximum Gasteiger partial charge on any atom is 0.182 e. The summed E-state index contributed by atoms with van der Waals surface area (Å²) in [5.41, 5.74) is 0. The van der Waals surface area contributed by atoms with Gasteiger partial charge in [0, 0.05) is 37.3 Å². The largest absolute Gasteiger partial charge is 0.379 e. The van der Waals surface area contributed by atoms with Gasteiger partial charge in [-0.3, -0.25) is 4.90 Å². The van der Waals surface area contributed by atoms with Gasteiger partial charge < -0.3 is 10.1 Å². The molecule has 84 valence electrons. The number of hydrogen-bond donors (Lipinski definition) is 1. The number of aromatic nitrogens is 1. The summed E-state index contributed by atoms with van der Waals surface area (Å²) in [5.74, 6) is 0. The van der Waals surface area contributed by atoms with Gasteiger partial charge in [-0.1, -0.05) is 0 Å². The fourth-order valence-electron chi connectivity index (χ4n) is 1.74. The van der Waals surface area contributed by atoms with Gasteiger partial charge in [-0.2, -0.15) is 0 Å². The molecule has 1 aromatic heterocycles. The van der Waals surface area contributed by atoms with Gasteiger partial charge in [0.2, 0.25) is 0 Å². The van der Waals surface area contributed by atoms with Crippen LogP contribution >= 0.6 is 11.3 Å². The lowest BCUT2D eigenvalue weighted by Crippen LogP contribution is -2.37. The highest BCUT2D eigenvalue weighted by atomic mass is 32.1. The molecule has 0 saturated carbocycles. The van der Waals surface area contributed by atoms with E-state index in [1.54, 1.807) is 11.3 Å². The number of nitrogens with one attached hydrogen (secondary N) is 1. The summed E-state index contributed by atoms with van der Waals surface area (Å²) in [6.45, 7) is 5.98. The van der Waals surface area contributed by atoms with Crippen molar-refractivity contribution < 1.29 is 4.74 Å². The van der Waals surface area contributed by atoms with Gasteiger partial charge in [0.1, 0.15) is 0 Å². The highest BCUT2D eigenvalue weighted by Gasteiger charge is 2.20. The lowest BCUT2D eigenvalue weighted by Gasteiger charge is -2.31. The van der Waals surface area contributed by atoms with Gasteiger partial charge in [-0.05, 0) is 6.92 Å². The summed E-state index contributed by atoms with van der Waals surface area (Å²) >= 11 is 1.73. The van der Waals surface area contributed by atoms with Gasteiger partial charge in [0.15, 0.2) is 5.13 Å². The van der Waals surface area contributed by atoms with Crippen molar-refractivity contribution in [3.05, 3.63) is 11.1 Å². The van der Waals surface area contributed by atoms with E-state index in [1.807, 2.05) is 13.2 Å². The van der Waals surface area contributed by atoms with Crippen LogP contribution in [0.1, 0.15) is 17.8 Å². The smallest absolute Gasteiger partial charge is 0.182 e. The highest BCUT2D eigenvalue weighted by Crippen LogP contribution is 2.28. The van der Waals surface area contributed by atoms with Crippen LogP contribution in [0.5, 0.6) is 0 Å². The SMILES string of the molecule is CNc1ncc(C(C)N2CCOCC2)s1. The zero-order chi connectivity index (χ0) is 10.7. The first kappa shape index (κ1) is 10.9. The molecule has 0 aromatic carbocycles. The molecule has 4 nitrogen and oxygen atoms in total. The molecule has 0 spiro atoms. The Balaban J connectivity index is 2.02. The zero-order valence-electron chi connectivity index (χ0n) is 9.19. The quantitative estimate of drug-likeness (QED) is 0.850. The highest BCUT2D eigenvalue weighted by molar-refractivity contribution is 7.15. The molecular formula is C10H17N3OS. The summed E-state index contributed by atoms with van der Waals surface area (Å²) in [7, 11) is 1.90. The fraction of sp³-hybridized carbons (Fsp3) is 0.700. The number of hydrogen-bond acceptors (Lipinski definition) is 5. The zero-order valence-corrected chi connectivity index (χ0v) is 10.0. The molecule has 0 aliphatic carbocycles. The normalized spacial score (nSPS) is 20.1. The summed E-state index contributed by atoms with van der Waals surface area (Å²) in [4.78, 5) is 8.06. The van der Waals surface area contributed by atoms with Crippen molar-refractivity contribution in [3.8, 4) is 0 Å². The van der Waals surface area contributed by atoms with Crippen LogP contribution in [0.15, 0.2) is 6.20 Å². The van der Waals surface area contributed by atoms with E-state index >= 15 is 0 Å². The molecule has 1 saturated heterocycles. The molecule has 15 heavy (non-hydrogen) atoms. The molecule has 1 unspecified atom stereocenters. The molecule has 0 radical (unpaired) electrons. The minimum absolute atomic E-state index is 0.452. The van der Waals surface area contributed by atoms with E-state index in [-0.39, 0.29) is 0 Å². The molecular weight excluding hydrogens is 210 g/mol. The van der Waals surface area contributed by atoms with Crippen LogP contribution in [0.3, 0.4) is 0 Å². The van der Waals surface area contributed by atoms with Gasteiger partial charge in [0.25, 0.3) is 0 Å². The van der Waals surface area contributed by atoms with Crippen molar-refractivity contribution in [2.24, 2.45) is 0 Å². The molecule has 1 aliphatic heterocycles. The number of thiazole rings is 1. The standard InChI is InChI=1S/C10H17N3OS/c1-8(13-3-5-14-6-4-13)9-7-12-10(11-2)15-9/h7-8H,3-6H2,1-2H3,(H,11,12). The predicted molar refractivity (Wildman–Crippen MR) is 62.5 cm³/mol. The average molecular weight is 227 g/mol. The number of rotatable bonds is 3. The fourth-order valence-corrected chi connectivity index (χ4v) is 2.60. The van der Waals surface area contributed by atoms with Crippen LogP contribution in [0.2, 0.25) is 0 Å². The second-order valence-electron chi connectivity index (χ2n) is 3.64. The van der Waals surface area contributed by atoms with Crippen LogP contribution in [0.25, 0.3) is 0 Å². The summed E-state index contributed by atoms with van der Waals surface area (Å²) < 4.78 is 5.35. The lowest BCUT2D eigenvalue weighted by molar-refractivity contribution is 0.0205. The van der Waals surface area contributed by atoms with Gasteiger partial charge in [-0.25, -0.2) is 4.98 Å². The lowest BCUT2D eigenvalue weighted by atomic mass is 10.2. The summed E-state index contributed by atoms with van der Waals surface area (Å²) in [6.07, 6.45) is 1.97. The molecule has 1 fully saturated rings. The number of anilines is 1.